The molecule has 0 radical (unpaired) electrons. The van der Waals surface area contributed by atoms with Gasteiger partial charge >= 0.3 is 0 Å². The molecular weight excluding hydrogens is 278 g/mol. The standard InChI is InChI=1S/C17H25N3O2/c1-17(2,3)20-16(22)11-5-4-6-14(10-11)19-15(21)12-7-8-13(18)9-12/h4-6,10,12-13H,7-9,18H2,1-3H3,(H,19,21)(H,20,22). The summed E-state index contributed by atoms with van der Waals surface area (Å²) in [5.74, 6) is -0.185. The molecule has 1 aromatic rings. The van der Waals surface area contributed by atoms with Crippen LogP contribution in [0.4, 0.5) is 5.69 Å². The van der Waals surface area contributed by atoms with E-state index in [1.807, 2.05) is 20.8 Å². The van der Waals surface area contributed by atoms with Gasteiger partial charge in [0.15, 0.2) is 0 Å². The summed E-state index contributed by atoms with van der Waals surface area (Å²) in [5, 5.41) is 5.80. The van der Waals surface area contributed by atoms with Crippen LogP contribution in [-0.4, -0.2) is 23.4 Å². The van der Waals surface area contributed by atoms with Crippen molar-refractivity contribution in [3.05, 3.63) is 29.8 Å². The van der Waals surface area contributed by atoms with Crippen molar-refractivity contribution in [2.24, 2.45) is 11.7 Å². The second-order valence-electron chi connectivity index (χ2n) is 7.04. The highest BCUT2D eigenvalue weighted by Gasteiger charge is 2.27. The lowest BCUT2D eigenvalue weighted by Gasteiger charge is -2.20. The number of benzene rings is 1. The van der Waals surface area contributed by atoms with E-state index in [0.717, 1.165) is 19.3 Å². The van der Waals surface area contributed by atoms with Crippen LogP contribution in [0, 0.1) is 5.92 Å². The fraction of sp³-hybridized carbons (Fsp3) is 0.529. The van der Waals surface area contributed by atoms with Crippen molar-refractivity contribution in [3.63, 3.8) is 0 Å². The third-order valence-electron chi connectivity index (χ3n) is 3.72. The zero-order valence-corrected chi connectivity index (χ0v) is 13.5. The average molecular weight is 303 g/mol. The minimum atomic E-state index is -0.295. The maximum absolute atomic E-state index is 12.2. The smallest absolute Gasteiger partial charge is 0.251 e. The van der Waals surface area contributed by atoms with E-state index in [9.17, 15) is 9.59 Å². The van der Waals surface area contributed by atoms with E-state index in [1.165, 1.54) is 0 Å². The van der Waals surface area contributed by atoms with Crippen LogP contribution in [0.15, 0.2) is 24.3 Å². The molecule has 0 saturated heterocycles. The molecule has 0 aromatic heterocycles. The Morgan fingerprint density at radius 2 is 1.95 bits per heavy atom. The van der Waals surface area contributed by atoms with Crippen LogP contribution in [0.1, 0.15) is 50.4 Å². The van der Waals surface area contributed by atoms with E-state index in [1.54, 1.807) is 24.3 Å². The first-order valence-electron chi connectivity index (χ1n) is 7.73. The molecule has 22 heavy (non-hydrogen) atoms. The van der Waals surface area contributed by atoms with Crippen molar-refractivity contribution in [2.75, 3.05) is 5.32 Å². The van der Waals surface area contributed by atoms with Gasteiger partial charge in [-0.2, -0.15) is 0 Å². The number of carbonyl (C=O) groups excluding carboxylic acids is 2. The lowest BCUT2D eigenvalue weighted by molar-refractivity contribution is -0.119. The highest BCUT2D eigenvalue weighted by atomic mass is 16.2. The first-order valence-corrected chi connectivity index (χ1v) is 7.73. The molecule has 1 aliphatic rings. The lowest BCUT2D eigenvalue weighted by Crippen LogP contribution is -2.40. The molecule has 1 aromatic carbocycles. The van der Waals surface area contributed by atoms with E-state index in [-0.39, 0.29) is 29.3 Å². The van der Waals surface area contributed by atoms with Crippen molar-refractivity contribution in [1.82, 2.24) is 5.32 Å². The van der Waals surface area contributed by atoms with Crippen LogP contribution in [0.2, 0.25) is 0 Å². The predicted octanol–water partition coefficient (Wildman–Crippen LogP) is 2.28. The maximum atomic E-state index is 12.2. The minimum absolute atomic E-state index is 0.0127. The summed E-state index contributed by atoms with van der Waals surface area (Å²) in [6.45, 7) is 5.79. The average Bonchev–Trinajstić information content (AvgIpc) is 2.84. The maximum Gasteiger partial charge on any atom is 0.251 e. The largest absolute Gasteiger partial charge is 0.347 e. The first kappa shape index (κ1) is 16.5. The molecule has 4 N–H and O–H groups in total. The molecule has 1 aliphatic carbocycles. The Hall–Kier alpha value is -1.88. The third-order valence-corrected chi connectivity index (χ3v) is 3.72. The van der Waals surface area contributed by atoms with Gasteiger partial charge in [-0.15, -0.1) is 0 Å². The van der Waals surface area contributed by atoms with Gasteiger partial charge in [-0.3, -0.25) is 9.59 Å². The number of amides is 2. The van der Waals surface area contributed by atoms with E-state index in [2.05, 4.69) is 10.6 Å². The second kappa shape index (κ2) is 6.48. The normalized spacial score (nSPS) is 21.5. The molecule has 1 fully saturated rings. The molecule has 2 atom stereocenters. The molecule has 2 amide bonds. The molecule has 0 spiro atoms. The van der Waals surface area contributed by atoms with E-state index in [0.29, 0.717) is 11.3 Å². The van der Waals surface area contributed by atoms with Crippen LogP contribution in [-0.2, 0) is 4.79 Å². The van der Waals surface area contributed by atoms with E-state index in [4.69, 9.17) is 5.73 Å². The summed E-state index contributed by atoms with van der Waals surface area (Å²) < 4.78 is 0. The number of hydrogen-bond donors (Lipinski definition) is 3. The molecule has 0 heterocycles. The second-order valence-corrected chi connectivity index (χ2v) is 7.04. The Labute approximate surface area is 131 Å². The molecule has 2 unspecified atom stereocenters. The summed E-state index contributed by atoms with van der Waals surface area (Å²) in [4.78, 5) is 24.4. The summed E-state index contributed by atoms with van der Waals surface area (Å²) in [5.41, 5.74) is 6.73. The third kappa shape index (κ3) is 4.56. The Morgan fingerprint density at radius 1 is 1.23 bits per heavy atom. The number of hydrogen-bond acceptors (Lipinski definition) is 3. The number of anilines is 1. The number of nitrogens with two attached hydrogens (primary N) is 1. The Bertz CT molecular complexity index is 563. The van der Waals surface area contributed by atoms with Crippen LogP contribution in [0.5, 0.6) is 0 Å². The van der Waals surface area contributed by atoms with Crippen LogP contribution in [0.3, 0.4) is 0 Å². The molecule has 1 saturated carbocycles. The predicted molar refractivity (Wildman–Crippen MR) is 87.6 cm³/mol. The van der Waals surface area contributed by atoms with E-state index >= 15 is 0 Å². The zero-order chi connectivity index (χ0) is 16.3. The van der Waals surface area contributed by atoms with Gasteiger partial charge in [0.2, 0.25) is 5.91 Å². The van der Waals surface area contributed by atoms with Crippen LogP contribution >= 0.6 is 0 Å². The Morgan fingerprint density at radius 3 is 2.55 bits per heavy atom. The Balaban J connectivity index is 2.02. The van der Waals surface area contributed by atoms with Gasteiger partial charge in [0.1, 0.15) is 0 Å². The molecule has 0 bridgehead atoms. The van der Waals surface area contributed by atoms with E-state index < -0.39 is 0 Å². The monoisotopic (exact) mass is 303 g/mol. The number of nitrogens with one attached hydrogen (secondary N) is 2. The lowest BCUT2D eigenvalue weighted by atomic mass is 10.1. The van der Waals surface area contributed by atoms with Gasteiger partial charge in [0, 0.05) is 28.7 Å². The molecule has 2 rings (SSSR count). The van der Waals surface area contributed by atoms with Crippen molar-refractivity contribution >= 4 is 17.5 Å². The van der Waals surface area contributed by atoms with Gasteiger partial charge in [0.25, 0.3) is 5.91 Å². The van der Waals surface area contributed by atoms with Crippen molar-refractivity contribution in [3.8, 4) is 0 Å². The molecular formula is C17H25N3O2. The van der Waals surface area contributed by atoms with Crippen LogP contribution < -0.4 is 16.4 Å². The summed E-state index contributed by atoms with van der Waals surface area (Å²) in [6, 6.07) is 7.13. The number of rotatable bonds is 3. The highest BCUT2D eigenvalue weighted by Crippen LogP contribution is 2.25. The zero-order valence-electron chi connectivity index (χ0n) is 13.5. The van der Waals surface area contributed by atoms with Gasteiger partial charge < -0.3 is 16.4 Å². The quantitative estimate of drug-likeness (QED) is 0.801. The Kier molecular flexibility index (Phi) is 4.86. The SMILES string of the molecule is CC(C)(C)NC(=O)c1cccc(NC(=O)C2CCC(N)C2)c1. The number of carbonyl (C=O) groups is 2. The van der Waals surface area contributed by atoms with Crippen LogP contribution in [0.25, 0.3) is 0 Å². The van der Waals surface area contributed by atoms with Crippen molar-refractivity contribution in [1.29, 1.82) is 0 Å². The minimum Gasteiger partial charge on any atom is -0.347 e. The molecule has 0 aliphatic heterocycles. The molecule has 5 nitrogen and oxygen atoms in total. The van der Waals surface area contributed by atoms with Gasteiger partial charge in [-0.25, -0.2) is 0 Å². The summed E-state index contributed by atoms with van der Waals surface area (Å²) in [6.07, 6.45) is 2.46. The summed E-state index contributed by atoms with van der Waals surface area (Å²) in [7, 11) is 0. The highest BCUT2D eigenvalue weighted by molar-refractivity contribution is 5.98. The first-order chi connectivity index (χ1) is 10.2. The molecule has 120 valence electrons. The summed E-state index contributed by atoms with van der Waals surface area (Å²) >= 11 is 0. The topological polar surface area (TPSA) is 84.2 Å². The van der Waals surface area contributed by atoms with Crippen molar-refractivity contribution < 1.29 is 9.59 Å². The fourth-order valence-corrected chi connectivity index (χ4v) is 2.65. The molecule has 5 heteroatoms. The van der Waals surface area contributed by atoms with Gasteiger partial charge in [0.05, 0.1) is 0 Å². The van der Waals surface area contributed by atoms with Gasteiger partial charge in [-0.1, -0.05) is 6.07 Å². The van der Waals surface area contributed by atoms with Gasteiger partial charge in [-0.05, 0) is 58.2 Å². The van der Waals surface area contributed by atoms with Crippen molar-refractivity contribution in [2.45, 2.75) is 51.6 Å². The fourth-order valence-electron chi connectivity index (χ4n) is 2.65.